The first-order chi connectivity index (χ1) is 15.3. The maximum Gasteiger partial charge on any atom is 0.251 e. The summed E-state index contributed by atoms with van der Waals surface area (Å²) in [5, 5.41) is 3.28. The third-order valence-electron chi connectivity index (χ3n) is 9.21. The van der Waals surface area contributed by atoms with Crippen molar-refractivity contribution in [2.75, 3.05) is 7.05 Å². The standard InChI is InChI=1S/C26H38N2O3S/c1-18(26-15-19-11-20(16-26)13-21(12-19)17-26)27-25(29)22-7-6-10-24(14-22)32(30,31)28(2)23-8-4-3-5-9-23/h6-7,10,14,18-21,23H,3-5,8-9,11-13,15-17H2,1-2H3,(H,27,29)/t18-,19?,20?,21?,26?/m0/s1. The Morgan fingerprint density at radius 2 is 1.62 bits per heavy atom. The minimum atomic E-state index is -3.61. The second-order valence-electron chi connectivity index (χ2n) is 11.3. The number of rotatable bonds is 6. The van der Waals surface area contributed by atoms with E-state index in [2.05, 4.69) is 12.2 Å². The summed E-state index contributed by atoms with van der Waals surface area (Å²) in [7, 11) is -1.92. The van der Waals surface area contributed by atoms with Crippen molar-refractivity contribution in [1.29, 1.82) is 0 Å². The molecule has 0 spiro atoms. The maximum atomic E-state index is 13.3. The normalized spacial score (nSPS) is 33.4. The Labute approximate surface area is 193 Å². The summed E-state index contributed by atoms with van der Waals surface area (Å²) in [6.07, 6.45) is 13.0. The Hall–Kier alpha value is -1.40. The molecule has 0 heterocycles. The molecule has 6 heteroatoms. The lowest BCUT2D eigenvalue weighted by Crippen LogP contribution is -2.55. The summed E-state index contributed by atoms with van der Waals surface area (Å²) in [5.41, 5.74) is 0.676. The van der Waals surface area contributed by atoms with Gasteiger partial charge in [-0.05, 0) is 99.7 Å². The van der Waals surface area contributed by atoms with Gasteiger partial charge in [-0.15, -0.1) is 0 Å². The Morgan fingerprint density at radius 3 is 2.22 bits per heavy atom. The van der Waals surface area contributed by atoms with Crippen LogP contribution in [0.1, 0.15) is 87.9 Å². The van der Waals surface area contributed by atoms with Crippen LogP contribution in [0.3, 0.4) is 0 Å². The van der Waals surface area contributed by atoms with Gasteiger partial charge < -0.3 is 5.32 Å². The lowest BCUT2D eigenvalue weighted by molar-refractivity contribution is -0.0688. The monoisotopic (exact) mass is 458 g/mol. The number of nitrogens with zero attached hydrogens (tertiary/aromatic N) is 1. The van der Waals surface area contributed by atoms with Gasteiger partial charge in [0.05, 0.1) is 4.90 Å². The van der Waals surface area contributed by atoms with E-state index in [9.17, 15) is 13.2 Å². The van der Waals surface area contributed by atoms with Crippen molar-refractivity contribution in [3.8, 4) is 0 Å². The molecule has 0 saturated heterocycles. The second kappa shape index (κ2) is 8.43. The van der Waals surface area contributed by atoms with E-state index in [4.69, 9.17) is 0 Å². The van der Waals surface area contributed by atoms with Gasteiger partial charge >= 0.3 is 0 Å². The van der Waals surface area contributed by atoms with E-state index in [1.807, 2.05) is 0 Å². The molecule has 5 saturated carbocycles. The highest BCUT2D eigenvalue weighted by atomic mass is 32.2. The van der Waals surface area contributed by atoms with Crippen LogP contribution in [0.2, 0.25) is 0 Å². The zero-order valence-corrected chi connectivity index (χ0v) is 20.4. The Balaban J connectivity index is 1.30. The number of benzene rings is 1. The van der Waals surface area contributed by atoms with Gasteiger partial charge in [-0.25, -0.2) is 8.42 Å². The van der Waals surface area contributed by atoms with E-state index < -0.39 is 10.0 Å². The van der Waals surface area contributed by atoms with Crippen molar-refractivity contribution in [3.05, 3.63) is 29.8 Å². The second-order valence-corrected chi connectivity index (χ2v) is 13.3. The molecule has 1 aromatic rings. The predicted molar refractivity (Wildman–Crippen MR) is 126 cm³/mol. The molecule has 176 valence electrons. The zero-order valence-electron chi connectivity index (χ0n) is 19.6. The van der Waals surface area contributed by atoms with E-state index in [0.29, 0.717) is 5.56 Å². The summed E-state index contributed by atoms with van der Waals surface area (Å²) in [6.45, 7) is 2.17. The minimum Gasteiger partial charge on any atom is -0.349 e. The highest BCUT2D eigenvalue weighted by Gasteiger charge is 2.53. The van der Waals surface area contributed by atoms with Crippen molar-refractivity contribution in [3.63, 3.8) is 0 Å². The van der Waals surface area contributed by atoms with Crippen molar-refractivity contribution >= 4 is 15.9 Å². The number of hydrogen-bond acceptors (Lipinski definition) is 3. The molecule has 1 amide bonds. The molecule has 1 N–H and O–H groups in total. The quantitative estimate of drug-likeness (QED) is 0.654. The first-order valence-electron chi connectivity index (χ1n) is 12.7. The van der Waals surface area contributed by atoms with Crippen LogP contribution in [-0.4, -0.2) is 37.8 Å². The SMILES string of the molecule is C[C@H](NC(=O)c1cccc(S(=O)(=O)N(C)C2CCCCC2)c1)C12CC3CC(CC(C3)C1)C2. The fraction of sp³-hybridized carbons (Fsp3) is 0.731. The molecule has 4 bridgehead atoms. The number of amides is 1. The van der Waals surface area contributed by atoms with Crippen LogP contribution >= 0.6 is 0 Å². The van der Waals surface area contributed by atoms with E-state index in [-0.39, 0.29) is 28.3 Å². The Bertz CT molecular complexity index is 932. The van der Waals surface area contributed by atoms with Gasteiger partial charge in [-0.2, -0.15) is 4.31 Å². The molecule has 0 aromatic heterocycles. The van der Waals surface area contributed by atoms with Gasteiger partial charge in [0, 0.05) is 24.7 Å². The predicted octanol–water partition coefficient (Wildman–Crippen LogP) is 4.97. The number of nitrogens with one attached hydrogen (secondary N) is 1. The van der Waals surface area contributed by atoms with Gasteiger partial charge in [-0.1, -0.05) is 25.3 Å². The number of carbonyl (C=O) groups excluding carboxylic acids is 1. The van der Waals surface area contributed by atoms with Crippen LogP contribution in [0.25, 0.3) is 0 Å². The highest BCUT2D eigenvalue weighted by molar-refractivity contribution is 7.89. The summed E-state index contributed by atoms with van der Waals surface area (Å²) in [6, 6.07) is 6.80. The molecule has 1 atom stereocenters. The van der Waals surface area contributed by atoms with Gasteiger partial charge in [-0.3, -0.25) is 4.79 Å². The van der Waals surface area contributed by atoms with E-state index >= 15 is 0 Å². The Kier molecular flexibility index (Phi) is 5.90. The van der Waals surface area contributed by atoms with Crippen LogP contribution < -0.4 is 5.32 Å². The molecule has 0 aliphatic heterocycles. The topological polar surface area (TPSA) is 66.5 Å². The lowest BCUT2D eigenvalue weighted by atomic mass is 9.48. The van der Waals surface area contributed by atoms with Crippen molar-refractivity contribution in [2.45, 2.75) is 94.5 Å². The summed E-state index contributed by atoms with van der Waals surface area (Å²) in [5.74, 6) is 2.36. The van der Waals surface area contributed by atoms with Gasteiger partial charge in [0.15, 0.2) is 0 Å². The van der Waals surface area contributed by atoms with Crippen molar-refractivity contribution in [2.24, 2.45) is 23.2 Å². The van der Waals surface area contributed by atoms with Crippen molar-refractivity contribution in [1.82, 2.24) is 9.62 Å². The number of sulfonamides is 1. The van der Waals surface area contributed by atoms with Gasteiger partial charge in [0.2, 0.25) is 10.0 Å². The van der Waals surface area contributed by atoms with Crippen LogP contribution in [-0.2, 0) is 10.0 Å². The summed E-state index contributed by atoms with van der Waals surface area (Å²) < 4.78 is 28.0. The largest absolute Gasteiger partial charge is 0.349 e. The van der Waals surface area contributed by atoms with Crippen LogP contribution in [0, 0.1) is 23.2 Å². The van der Waals surface area contributed by atoms with Crippen molar-refractivity contribution < 1.29 is 13.2 Å². The molecule has 5 nitrogen and oxygen atoms in total. The first kappa shape index (κ1) is 22.4. The van der Waals surface area contributed by atoms with E-state index in [0.717, 1.165) is 43.4 Å². The highest BCUT2D eigenvalue weighted by Crippen LogP contribution is 2.61. The fourth-order valence-electron chi connectivity index (χ4n) is 7.75. The molecule has 5 aliphatic rings. The molecule has 1 aromatic carbocycles. The van der Waals surface area contributed by atoms with E-state index in [1.54, 1.807) is 31.3 Å². The third-order valence-corrected chi connectivity index (χ3v) is 11.1. The smallest absolute Gasteiger partial charge is 0.251 e. The molecular formula is C26H38N2O3S. The fourth-order valence-corrected chi connectivity index (χ4v) is 9.21. The van der Waals surface area contributed by atoms with Gasteiger partial charge in [0.1, 0.15) is 0 Å². The maximum absolute atomic E-state index is 13.3. The average molecular weight is 459 g/mol. The van der Waals surface area contributed by atoms with Gasteiger partial charge in [0.25, 0.3) is 5.91 Å². The number of carbonyl (C=O) groups is 1. The zero-order chi connectivity index (χ0) is 22.5. The van der Waals surface area contributed by atoms with E-state index in [1.165, 1.54) is 49.3 Å². The van der Waals surface area contributed by atoms with Crippen LogP contribution in [0.15, 0.2) is 29.2 Å². The summed E-state index contributed by atoms with van der Waals surface area (Å²) in [4.78, 5) is 13.4. The molecule has 0 radical (unpaired) electrons. The molecular weight excluding hydrogens is 420 g/mol. The lowest BCUT2D eigenvalue weighted by Gasteiger charge is -2.59. The minimum absolute atomic E-state index is 0.0577. The molecule has 6 rings (SSSR count). The molecule has 32 heavy (non-hydrogen) atoms. The molecule has 0 unspecified atom stereocenters. The summed E-state index contributed by atoms with van der Waals surface area (Å²) >= 11 is 0. The third kappa shape index (κ3) is 4.02. The Morgan fingerprint density at radius 1 is 1.03 bits per heavy atom. The van der Waals surface area contributed by atoms with Crippen LogP contribution in [0.5, 0.6) is 0 Å². The molecule has 5 aliphatic carbocycles. The van der Waals surface area contributed by atoms with Crippen LogP contribution in [0.4, 0.5) is 0 Å². The first-order valence-corrected chi connectivity index (χ1v) is 14.1. The molecule has 5 fully saturated rings. The number of hydrogen-bond donors (Lipinski definition) is 1. The average Bonchev–Trinajstić information content (AvgIpc) is 2.78.